The van der Waals surface area contributed by atoms with Gasteiger partial charge in [0.2, 0.25) is 5.91 Å². The van der Waals surface area contributed by atoms with Crippen molar-refractivity contribution in [3.05, 3.63) is 42.4 Å². The molecule has 4 rings (SSSR count). The van der Waals surface area contributed by atoms with Crippen LogP contribution in [0.2, 0.25) is 0 Å². The van der Waals surface area contributed by atoms with Crippen LogP contribution in [0.25, 0.3) is 11.3 Å². The Morgan fingerprint density at radius 2 is 1.88 bits per heavy atom. The molecule has 0 aliphatic carbocycles. The lowest BCUT2D eigenvalue weighted by Gasteiger charge is -2.38. The molecule has 1 aromatic carbocycles. The van der Waals surface area contributed by atoms with E-state index in [1.807, 2.05) is 17.2 Å². The number of methoxy groups -OCH3 is 1. The van der Waals surface area contributed by atoms with Gasteiger partial charge in [0.15, 0.2) is 0 Å². The van der Waals surface area contributed by atoms with Crippen LogP contribution < -0.4 is 0 Å². The lowest BCUT2D eigenvalue weighted by atomic mass is 9.76. The highest BCUT2D eigenvalue weighted by molar-refractivity contribution is 5.77. The Morgan fingerprint density at radius 3 is 2.58 bits per heavy atom. The Morgan fingerprint density at radius 1 is 1.17 bits per heavy atom. The van der Waals surface area contributed by atoms with Gasteiger partial charge in [0.05, 0.1) is 11.9 Å². The van der Waals surface area contributed by atoms with Crippen LogP contribution in [0.5, 0.6) is 0 Å². The van der Waals surface area contributed by atoms with E-state index >= 15 is 0 Å². The maximum atomic E-state index is 12.0. The summed E-state index contributed by atoms with van der Waals surface area (Å²) in [5.74, 6) is 1.30. The van der Waals surface area contributed by atoms with Gasteiger partial charge in [-0.3, -0.25) is 4.79 Å². The van der Waals surface area contributed by atoms with E-state index in [2.05, 4.69) is 28.8 Å². The Bertz CT molecular complexity index is 730. The number of hydrogen-bond donors (Lipinski definition) is 0. The van der Waals surface area contributed by atoms with E-state index in [9.17, 15) is 4.79 Å². The van der Waals surface area contributed by atoms with Crippen molar-refractivity contribution in [3.8, 4) is 11.3 Å². The van der Waals surface area contributed by atoms with Crippen LogP contribution in [-0.2, 0) is 21.5 Å². The zero-order valence-electron chi connectivity index (χ0n) is 14.1. The molecule has 2 aromatic rings. The summed E-state index contributed by atoms with van der Waals surface area (Å²) in [6.45, 7) is 2.80. The monoisotopic (exact) mass is 325 g/mol. The second kappa shape index (κ2) is 6.06. The average Bonchev–Trinajstić information content (AvgIpc) is 3.19. The van der Waals surface area contributed by atoms with Crippen molar-refractivity contribution in [3.63, 3.8) is 0 Å². The molecule has 1 saturated heterocycles. The Kier molecular flexibility index (Phi) is 3.88. The quantitative estimate of drug-likeness (QED) is 0.871. The number of rotatable bonds is 3. The molecule has 5 heteroatoms. The number of likely N-dealkylation sites (tertiary alicyclic amines) is 1. The minimum Gasteiger partial charge on any atom is -0.375 e. The number of amides is 1. The van der Waals surface area contributed by atoms with Crippen molar-refractivity contribution in [2.24, 2.45) is 0 Å². The highest BCUT2D eigenvalue weighted by Crippen LogP contribution is 2.44. The maximum absolute atomic E-state index is 12.0. The van der Waals surface area contributed by atoms with E-state index in [-0.39, 0.29) is 17.9 Å². The van der Waals surface area contributed by atoms with Gasteiger partial charge in [-0.1, -0.05) is 30.3 Å². The lowest BCUT2D eigenvalue weighted by molar-refractivity contribution is -0.136. The largest absolute Gasteiger partial charge is 0.375 e. The molecule has 1 amide bonds. The summed E-state index contributed by atoms with van der Waals surface area (Å²) in [6.07, 6.45) is 5.12. The van der Waals surface area contributed by atoms with E-state index in [4.69, 9.17) is 9.72 Å². The Balaban J connectivity index is 1.55. The fourth-order valence-corrected chi connectivity index (χ4v) is 4.17. The molecular weight excluding hydrogens is 302 g/mol. The molecule has 1 aromatic heterocycles. The summed E-state index contributed by atoms with van der Waals surface area (Å²) < 4.78 is 7.35. The molecule has 2 aliphatic rings. The van der Waals surface area contributed by atoms with Gasteiger partial charge in [0.1, 0.15) is 12.4 Å². The number of aromatic nitrogens is 2. The number of fused-ring (bicyclic) bond motifs is 2. The minimum absolute atomic E-state index is 0.0960. The second-order valence-corrected chi connectivity index (χ2v) is 6.83. The predicted molar refractivity (Wildman–Crippen MR) is 91.6 cm³/mol. The van der Waals surface area contributed by atoms with Crippen LogP contribution in [-0.4, -0.2) is 47.2 Å². The van der Waals surface area contributed by atoms with Crippen molar-refractivity contribution in [2.45, 2.75) is 31.2 Å². The number of carbonyl (C=O) groups is 1. The number of imidazole rings is 1. The van der Waals surface area contributed by atoms with Crippen LogP contribution in [0.4, 0.5) is 0 Å². The van der Waals surface area contributed by atoms with E-state index in [1.54, 1.807) is 7.11 Å². The summed E-state index contributed by atoms with van der Waals surface area (Å²) in [6, 6.07) is 10.5. The first kappa shape index (κ1) is 15.4. The molecule has 3 heterocycles. The SMILES string of the molecule is COCC(=O)N1CCC2(CC1)CCn1c(-c3ccccc3)cnc12. The van der Waals surface area contributed by atoms with E-state index in [0.717, 1.165) is 38.9 Å². The Hall–Kier alpha value is -2.14. The standard InChI is InChI=1S/C19H23N3O2/c1-24-14-17(23)21-10-7-19(8-11-21)9-12-22-16(13-20-18(19)22)15-5-3-2-4-6-15/h2-6,13H,7-12,14H2,1H3. The van der Waals surface area contributed by atoms with E-state index in [1.165, 1.54) is 17.1 Å². The van der Waals surface area contributed by atoms with Crippen molar-refractivity contribution < 1.29 is 9.53 Å². The van der Waals surface area contributed by atoms with Crippen LogP contribution in [0.3, 0.4) is 0 Å². The van der Waals surface area contributed by atoms with Gasteiger partial charge in [-0.05, 0) is 24.8 Å². The van der Waals surface area contributed by atoms with E-state index in [0.29, 0.717) is 0 Å². The maximum Gasteiger partial charge on any atom is 0.248 e. The molecule has 5 nitrogen and oxygen atoms in total. The predicted octanol–water partition coefficient (Wildman–Crippen LogP) is 2.46. The average molecular weight is 325 g/mol. The number of benzene rings is 1. The van der Waals surface area contributed by atoms with Crippen LogP contribution >= 0.6 is 0 Å². The molecule has 0 radical (unpaired) electrons. The van der Waals surface area contributed by atoms with Gasteiger partial charge < -0.3 is 14.2 Å². The van der Waals surface area contributed by atoms with Gasteiger partial charge >= 0.3 is 0 Å². The summed E-state index contributed by atoms with van der Waals surface area (Å²) in [5.41, 5.74) is 2.57. The zero-order chi connectivity index (χ0) is 16.6. The number of ether oxygens (including phenoxy) is 1. The third-order valence-electron chi connectivity index (χ3n) is 5.55. The van der Waals surface area contributed by atoms with Crippen molar-refractivity contribution in [1.82, 2.24) is 14.5 Å². The third-order valence-corrected chi connectivity index (χ3v) is 5.55. The molecule has 1 fully saturated rings. The second-order valence-electron chi connectivity index (χ2n) is 6.83. The first-order valence-corrected chi connectivity index (χ1v) is 8.62. The highest BCUT2D eigenvalue weighted by Gasteiger charge is 2.44. The lowest BCUT2D eigenvalue weighted by Crippen LogP contribution is -2.45. The molecular formula is C19H23N3O2. The number of piperidine rings is 1. The molecule has 0 bridgehead atoms. The summed E-state index contributed by atoms with van der Waals surface area (Å²) >= 11 is 0. The van der Waals surface area contributed by atoms with Crippen LogP contribution in [0.15, 0.2) is 36.5 Å². The molecule has 1 spiro atoms. The van der Waals surface area contributed by atoms with Crippen molar-refractivity contribution >= 4 is 5.91 Å². The first-order valence-electron chi connectivity index (χ1n) is 8.62. The summed E-state index contributed by atoms with van der Waals surface area (Å²) in [5, 5.41) is 0. The topological polar surface area (TPSA) is 47.4 Å². The van der Waals surface area contributed by atoms with Crippen molar-refractivity contribution in [2.75, 3.05) is 26.8 Å². The van der Waals surface area contributed by atoms with Crippen LogP contribution in [0, 0.1) is 0 Å². The zero-order valence-corrected chi connectivity index (χ0v) is 14.1. The minimum atomic E-state index is 0.0960. The Labute approximate surface area is 142 Å². The molecule has 0 saturated carbocycles. The normalized spacial score (nSPS) is 18.8. The highest BCUT2D eigenvalue weighted by atomic mass is 16.5. The number of carbonyl (C=O) groups excluding carboxylic acids is 1. The number of nitrogens with zero attached hydrogens (tertiary/aromatic N) is 3. The molecule has 2 aliphatic heterocycles. The molecule has 0 atom stereocenters. The van der Waals surface area contributed by atoms with Gasteiger partial charge in [-0.2, -0.15) is 0 Å². The summed E-state index contributed by atoms with van der Waals surface area (Å²) in [4.78, 5) is 18.7. The van der Waals surface area contributed by atoms with Gasteiger partial charge in [-0.25, -0.2) is 4.98 Å². The van der Waals surface area contributed by atoms with Crippen LogP contribution in [0.1, 0.15) is 25.1 Å². The van der Waals surface area contributed by atoms with Gasteiger partial charge in [0, 0.05) is 32.2 Å². The fraction of sp³-hybridized carbons (Fsp3) is 0.474. The molecule has 24 heavy (non-hydrogen) atoms. The van der Waals surface area contributed by atoms with E-state index < -0.39 is 0 Å². The van der Waals surface area contributed by atoms with Gasteiger partial charge in [0.25, 0.3) is 0 Å². The fourth-order valence-electron chi connectivity index (χ4n) is 4.17. The summed E-state index contributed by atoms with van der Waals surface area (Å²) in [7, 11) is 1.57. The molecule has 0 unspecified atom stereocenters. The smallest absolute Gasteiger partial charge is 0.248 e. The first-order chi connectivity index (χ1) is 11.7. The molecule has 0 N–H and O–H groups in total. The molecule has 126 valence electrons. The number of hydrogen-bond acceptors (Lipinski definition) is 3. The third kappa shape index (κ3) is 2.44. The van der Waals surface area contributed by atoms with Gasteiger partial charge in [-0.15, -0.1) is 0 Å². The van der Waals surface area contributed by atoms with Crippen molar-refractivity contribution in [1.29, 1.82) is 0 Å².